The zero-order chi connectivity index (χ0) is 8.55. The van der Waals surface area contributed by atoms with Crippen molar-refractivity contribution < 1.29 is 0 Å². The topological polar surface area (TPSA) is 25.8 Å². The predicted molar refractivity (Wildman–Crippen MR) is 56.8 cm³/mol. The highest BCUT2D eigenvalue weighted by Gasteiger charge is 1.99. The zero-order valence-electron chi connectivity index (χ0n) is 6.37. The van der Waals surface area contributed by atoms with E-state index in [0.717, 1.165) is 10.9 Å². The maximum atomic E-state index is 5.82. The van der Waals surface area contributed by atoms with Gasteiger partial charge in [0.15, 0.2) is 0 Å². The Kier molecular flexibility index (Phi) is 3.31. The normalized spacial score (nSPS) is 9.69. The SMILES string of the molecule is Cl.Clc1ccc2c(Cl)ncnc2c1. The van der Waals surface area contributed by atoms with E-state index in [2.05, 4.69) is 9.97 Å². The molecule has 0 fully saturated rings. The average Bonchev–Trinajstić information content (AvgIpc) is 2.04. The first kappa shape index (κ1) is 10.5. The Morgan fingerprint density at radius 2 is 1.85 bits per heavy atom. The van der Waals surface area contributed by atoms with Gasteiger partial charge < -0.3 is 0 Å². The first-order valence-electron chi connectivity index (χ1n) is 3.33. The second-order valence-corrected chi connectivity index (χ2v) is 3.12. The average molecular weight is 236 g/mol. The van der Waals surface area contributed by atoms with E-state index in [0.29, 0.717) is 10.2 Å². The van der Waals surface area contributed by atoms with E-state index >= 15 is 0 Å². The lowest BCUT2D eigenvalue weighted by Gasteiger charge is -1.97. The fourth-order valence-electron chi connectivity index (χ4n) is 0.997. The molecule has 0 unspecified atom stereocenters. The van der Waals surface area contributed by atoms with Crippen LogP contribution in [0, 0.1) is 0 Å². The largest absolute Gasteiger partial charge is 0.236 e. The molecule has 2 nitrogen and oxygen atoms in total. The summed E-state index contributed by atoms with van der Waals surface area (Å²) in [7, 11) is 0. The molecular formula is C8H5Cl3N2. The number of fused-ring (bicyclic) bond motifs is 1. The van der Waals surface area contributed by atoms with Crippen LogP contribution in [0.25, 0.3) is 10.9 Å². The lowest BCUT2D eigenvalue weighted by atomic mass is 10.2. The summed E-state index contributed by atoms with van der Waals surface area (Å²) in [5.74, 6) is 0. The summed E-state index contributed by atoms with van der Waals surface area (Å²) in [6, 6.07) is 5.32. The smallest absolute Gasteiger partial charge is 0.140 e. The molecule has 2 aromatic rings. The summed E-state index contributed by atoms with van der Waals surface area (Å²) in [4.78, 5) is 7.87. The molecule has 1 aromatic carbocycles. The number of aromatic nitrogens is 2. The van der Waals surface area contributed by atoms with Gasteiger partial charge in [0.2, 0.25) is 0 Å². The zero-order valence-corrected chi connectivity index (χ0v) is 8.70. The van der Waals surface area contributed by atoms with Crippen LogP contribution >= 0.6 is 35.6 Å². The van der Waals surface area contributed by atoms with Crippen molar-refractivity contribution in [3.8, 4) is 0 Å². The monoisotopic (exact) mass is 234 g/mol. The summed E-state index contributed by atoms with van der Waals surface area (Å²) in [5, 5.41) is 1.93. The van der Waals surface area contributed by atoms with E-state index in [9.17, 15) is 0 Å². The Morgan fingerprint density at radius 1 is 1.08 bits per heavy atom. The third-order valence-corrected chi connectivity index (χ3v) is 2.09. The van der Waals surface area contributed by atoms with Crippen molar-refractivity contribution >= 4 is 46.5 Å². The summed E-state index contributed by atoms with van der Waals surface area (Å²) >= 11 is 11.6. The summed E-state index contributed by atoms with van der Waals surface area (Å²) < 4.78 is 0. The van der Waals surface area contributed by atoms with Crippen molar-refractivity contribution in [2.24, 2.45) is 0 Å². The molecule has 0 aliphatic carbocycles. The summed E-state index contributed by atoms with van der Waals surface area (Å²) in [6.45, 7) is 0. The molecule has 0 atom stereocenters. The van der Waals surface area contributed by atoms with Crippen LogP contribution in [0.2, 0.25) is 10.2 Å². The molecule has 0 radical (unpaired) electrons. The molecule has 2 rings (SSSR count). The van der Waals surface area contributed by atoms with Crippen molar-refractivity contribution in [2.75, 3.05) is 0 Å². The molecule has 0 spiro atoms. The fourth-order valence-corrected chi connectivity index (χ4v) is 1.37. The number of hydrogen-bond donors (Lipinski definition) is 0. The highest BCUT2D eigenvalue weighted by molar-refractivity contribution is 6.35. The molecule has 1 heterocycles. The standard InChI is InChI=1S/C8H4Cl2N2.ClH/c9-5-1-2-6-7(3-5)11-4-12-8(6)10;/h1-4H;1H. The highest BCUT2D eigenvalue weighted by Crippen LogP contribution is 2.21. The van der Waals surface area contributed by atoms with Crippen LogP contribution in [0.5, 0.6) is 0 Å². The molecule has 68 valence electrons. The molecule has 13 heavy (non-hydrogen) atoms. The fraction of sp³-hybridized carbons (Fsp3) is 0. The summed E-state index contributed by atoms with van der Waals surface area (Å²) in [6.07, 6.45) is 1.42. The van der Waals surface area contributed by atoms with Crippen LogP contribution in [0.3, 0.4) is 0 Å². The third-order valence-electron chi connectivity index (χ3n) is 1.55. The van der Waals surface area contributed by atoms with Crippen LogP contribution in [0.15, 0.2) is 24.5 Å². The van der Waals surface area contributed by atoms with Gasteiger partial charge in [-0.1, -0.05) is 23.2 Å². The first-order valence-corrected chi connectivity index (χ1v) is 4.09. The third kappa shape index (κ3) is 2.02. The maximum absolute atomic E-state index is 5.82. The minimum atomic E-state index is 0. The second-order valence-electron chi connectivity index (χ2n) is 2.33. The molecule has 0 saturated carbocycles. The van der Waals surface area contributed by atoms with Crippen LogP contribution < -0.4 is 0 Å². The van der Waals surface area contributed by atoms with Crippen LogP contribution in [0.4, 0.5) is 0 Å². The number of halogens is 3. The van der Waals surface area contributed by atoms with Gasteiger partial charge >= 0.3 is 0 Å². The molecule has 0 amide bonds. The Morgan fingerprint density at radius 3 is 2.62 bits per heavy atom. The van der Waals surface area contributed by atoms with Crippen molar-refractivity contribution in [2.45, 2.75) is 0 Å². The van der Waals surface area contributed by atoms with E-state index in [1.165, 1.54) is 6.33 Å². The van der Waals surface area contributed by atoms with Crippen LogP contribution in [0.1, 0.15) is 0 Å². The molecule has 5 heteroatoms. The molecular weight excluding hydrogens is 230 g/mol. The lowest BCUT2D eigenvalue weighted by molar-refractivity contribution is 1.22. The molecule has 0 bridgehead atoms. The van der Waals surface area contributed by atoms with Crippen LogP contribution in [-0.4, -0.2) is 9.97 Å². The van der Waals surface area contributed by atoms with E-state index in [1.807, 2.05) is 0 Å². The molecule has 1 aromatic heterocycles. The Labute approximate surface area is 91.3 Å². The molecule has 0 aliphatic heterocycles. The number of rotatable bonds is 0. The second kappa shape index (κ2) is 4.09. The number of nitrogens with zero attached hydrogens (tertiary/aromatic N) is 2. The molecule has 0 N–H and O–H groups in total. The van der Waals surface area contributed by atoms with E-state index in [1.54, 1.807) is 18.2 Å². The highest BCUT2D eigenvalue weighted by atomic mass is 35.5. The van der Waals surface area contributed by atoms with Gasteiger partial charge in [0.25, 0.3) is 0 Å². The minimum absolute atomic E-state index is 0. The van der Waals surface area contributed by atoms with Crippen LogP contribution in [-0.2, 0) is 0 Å². The summed E-state index contributed by atoms with van der Waals surface area (Å²) in [5.41, 5.74) is 0.766. The van der Waals surface area contributed by atoms with E-state index < -0.39 is 0 Å². The first-order chi connectivity index (χ1) is 5.77. The Bertz CT molecular complexity index is 431. The Hall–Kier alpha value is -0.570. The van der Waals surface area contributed by atoms with Crippen molar-refractivity contribution in [1.29, 1.82) is 0 Å². The van der Waals surface area contributed by atoms with Gasteiger partial charge in [0.05, 0.1) is 5.52 Å². The van der Waals surface area contributed by atoms with Gasteiger partial charge in [0.1, 0.15) is 11.5 Å². The predicted octanol–water partition coefficient (Wildman–Crippen LogP) is 3.36. The van der Waals surface area contributed by atoms with Crippen molar-refractivity contribution in [3.63, 3.8) is 0 Å². The Balaban J connectivity index is 0.000000845. The van der Waals surface area contributed by atoms with Crippen molar-refractivity contribution in [1.82, 2.24) is 9.97 Å². The van der Waals surface area contributed by atoms with Gasteiger partial charge in [-0.05, 0) is 18.2 Å². The number of benzene rings is 1. The van der Waals surface area contributed by atoms with E-state index in [-0.39, 0.29) is 12.4 Å². The van der Waals surface area contributed by atoms with Gasteiger partial charge in [-0.2, -0.15) is 0 Å². The van der Waals surface area contributed by atoms with Gasteiger partial charge in [0, 0.05) is 10.4 Å². The van der Waals surface area contributed by atoms with Gasteiger partial charge in [-0.25, -0.2) is 9.97 Å². The number of hydrogen-bond acceptors (Lipinski definition) is 2. The molecule has 0 saturated heterocycles. The van der Waals surface area contributed by atoms with E-state index in [4.69, 9.17) is 23.2 Å². The maximum Gasteiger partial charge on any atom is 0.140 e. The quantitative estimate of drug-likeness (QED) is 0.654. The minimum Gasteiger partial charge on any atom is -0.236 e. The van der Waals surface area contributed by atoms with Crippen molar-refractivity contribution in [3.05, 3.63) is 34.7 Å². The van der Waals surface area contributed by atoms with Gasteiger partial charge in [-0.3, -0.25) is 0 Å². The lowest BCUT2D eigenvalue weighted by Crippen LogP contribution is -1.82. The molecule has 0 aliphatic rings. The van der Waals surface area contributed by atoms with Gasteiger partial charge in [-0.15, -0.1) is 12.4 Å².